The number of amides is 1. The molecule has 0 aliphatic carbocycles. The lowest BCUT2D eigenvalue weighted by Gasteiger charge is -2.26. The number of rotatable bonds is 6. The standard InChI is InChI=1S/C28H22FNO7/c1-14(31)15-5-8-18(9-6-15)30-24(16-11-21(34-2)26(36-4)22(12-16)35-3)23-25(32)19-13-17(29)7-10-20(19)37-27(23)28(30)33/h5-13,24H,1-4H3. The van der Waals surface area contributed by atoms with Crippen LogP contribution in [0.1, 0.15) is 45.0 Å². The molecule has 9 heteroatoms. The van der Waals surface area contributed by atoms with E-state index in [2.05, 4.69) is 0 Å². The molecule has 0 spiro atoms. The normalized spacial score (nSPS) is 14.6. The number of halogens is 1. The Labute approximate surface area is 210 Å². The summed E-state index contributed by atoms with van der Waals surface area (Å²) in [6, 6.07) is 12.3. The van der Waals surface area contributed by atoms with E-state index in [0.717, 1.165) is 12.1 Å². The van der Waals surface area contributed by atoms with Gasteiger partial charge in [-0.1, -0.05) is 0 Å². The summed E-state index contributed by atoms with van der Waals surface area (Å²) in [5, 5.41) is 0.0118. The van der Waals surface area contributed by atoms with Crippen LogP contribution in [-0.4, -0.2) is 33.0 Å². The molecule has 0 radical (unpaired) electrons. The van der Waals surface area contributed by atoms with E-state index in [1.807, 2.05) is 0 Å². The summed E-state index contributed by atoms with van der Waals surface area (Å²) in [5.41, 5.74) is 0.970. The van der Waals surface area contributed by atoms with Gasteiger partial charge in [0.05, 0.1) is 38.3 Å². The van der Waals surface area contributed by atoms with Crippen molar-refractivity contribution in [3.05, 3.63) is 93.1 Å². The van der Waals surface area contributed by atoms with E-state index in [-0.39, 0.29) is 28.1 Å². The van der Waals surface area contributed by atoms with Gasteiger partial charge in [0.25, 0.3) is 5.91 Å². The fourth-order valence-corrected chi connectivity index (χ4v) is 4.64. The van der Waals surface area contributed by atoms with Gasteiger partial charge in [0.1, 0.15) is 11.4 Å². The van der Waals surface area contributed by atoms with E-state index in [1.165, 1.54) is 39.2 Å². The molecule has 5 rings (SSSR count). The number of hydrogen-bond acceptors (Lipinski definition) is 7. The molecule has 0 N–H and O–H groups in total. The van der Waals surface area contributed by atoms with Crippen molar-refractivity contribution in [2.45, 2.75) is 13.0 Å². The maximum absolute atomic E-state index is 14.1. The number of ketones is 1. The van der Waals surface area contributed by atoms with E-state index in [0.29, 0.717) is 34.1 Å². The average Bonchev–Trinajstić information content (AvgIpc) is 3.20. The molecule has 2 heterocycles. The van der Waals surface area contributed by atoms with Gasteiger partial charge in [-0.15, -0.1) is 0 Å². The molecule has 3 aromatic carbocycles. The van der Waals surface area contributed by atoms with Crippen LogP contribution in [-0.2, 0) is 0 Å². The summed E-state index contributed by atoms with van der Waals surface area (Å²) >= 11 is 0. The number of nitrogens with zero attached hydrogens (tertiary/aromatic N) is 1. The second-order valence-corrected chi connectivity index (χ2v) is 8.45. The molecule has 1 atom stereocenters. The molecule has 0 saturated heterocycles. The van der Waals surface area contributed by atoms with Crippen molar-refractivity contribution in [3.63, 3.8) is 0 Å². The van der Waals surface area contributed by atoms with Crippen LogP contribution in [0.3, 0.4) is 0 Å². The lowest BCUT2D eigenvalue weighted by Crippen LogP contribution is -2.29. The van der Waals surface area contributed by atoms with Crippen LogP contribution in [0.4, 0.5) is 10.1 Å². The second-order valence-electron chi connectivity index (χ2n) is 8.45. The molecular weight excluding hydrogens is 481 g/mol. The molecule has 0 saturated carbocycles. The van der Waals surface area contributed by atoms with E-state index in [1.54, 1.807) is 36.4 Å². The van der Waals surface area contributed by atoms with Gasteiger partial charge in [-0.25, -0.2) is 4.39 Å². The molecule has 1 aliphatic rings. The second kappa shape index (κ2) is 9.09. The number of carbonyl (C=O) groups is 2. The Bertz CT molecular complexity index is 1600. The zero-order chi connectivity index (χ0) is 26.4. The summed E-state index contributed by atoms with van der Waals surface area (Å²) in [7, 11) is 4.38. The predicted molar refractivity (Wildman–Crippen MR) is 134 cm³/mol. The third-order valence-electron chi connectivity index (χ3n) is 6.39. The lowest BCUT2D eigenvalue weighted by molar-refractivity contribution is 0.0970. The summed E-state index contributed by atoms with van der Waals surface area (Å²) in [6.07, 6.45) is 0. The first kappa shape index (κ1) is 24.1. The van der Waals surface area contributed by atoms with Crippen molar-refractivity contribution < 1.29 is 32.6 Å². The first-order valence-electron chi connectivity index (χ1n) is 11.3. The molecule has 0 fully saturated rings. The first-order valence-corrected chi connectivity index (χ1v) is 11.3. The van der Waals surface area contributed by atoms with E-state index in [4.69, 9.17) is 18.6 Å². The molecule has 1 aromatic heterocycles. The number of benzene rings is 3. The molecule has 0 bridgehead atoms. The Morgan fingerprint density at radius 2 is 1.57 bits per heavy atom. The fourth-order valence-electron chi connectivity index (χ4n) is 4.64. The van der Waals surface area contributed by atoms with Gasteiger partial charge in [0, 0.05) is 11.3 Å². The van der Waals surface area contributed by atoms with Crippen LogP contribution in [0.15, 0.2) is 63.8 Å². The van der Waals surface area contributed by atoms with E-state index in [9.17, 15) is 18.8 Å². The summed E-state index contributed by atoms with van der Waals surface area (Å²) in [5.74, 6) is -0.477. The van der Waals surface area contributed by atoms with Crippen LogP contribution in [0.2, 0.25) is 0 Å². The average molecular weight is 503 g/mol. The number of carbonyl (C=O) groups excluding carboxylic acids is 2. The molecular formula is C28H22FNO7. The smallest absolute Gasteiger partial charge is 0.295 e. The summed E-state index contributed by atoms with van der Waals surface area (Å²) < 4.78 is 36.4. The van der Waals surface area contributed by atoms with Gasteiger partial charge >= 0.3 is 0 Å². The fraction of sp³-hybridized carbons (Fsp3) is 0.179. The van der Waals surface area contributed by atoms with Crippen molar-refractivity contribution in [2.24, 2.45) is 0 Å². The Morgan fingerprint density at radius 1 is 0.919 bits per heavy atom. The molecule has 8 nitrogen and oxygen atoms in total. The Morgan fingerprint density at radius 3 is 2.14 bits per heavy atom. The minimum Gasteiger partial charge on any atom is -0.493 e. The third kappa shape index (κ3) is 3.79. The maximum atomic E-state index is 14.1. The number of methoxy groups -OCH3 is 3. The topological polar surface area (TPSA) is 95.3 Å². The van der Waals surface area contributed by atoms with Crippen molar-refractivity contribution in [3.8, 4) is 17.2 Å². The minimum atomic E-state index is -0.969. The molecule has 1 unspecified atom stereocenters. The largest absolute Gasteiger partial charge is 0.493 e. The minimum absolute atomic E-state index is 0.0118. The summed E-state index contributed by atoms with van der Waals surface area (Å²) in [6.45, 7) is 1.44. The number of Topliss-reactive ketones (excluding diaryl/α,β-unsaturated/α-hetero) is 1. The van der Waals surface area contributed by atoms with Crippen LogP contribution in [0.25, 0.3) is 11.0 Å². The predicted octanol–water partition coefficient (Wildman–Crippen LogP) is 4.91. The molecule has 37 heavy (non-hydrogen) atoms. The Hall–Kier alpha value is -4.66. The highest BCUT2D eigenvalue weighted by atomic mass is 19.1. The van der Waals surface area contributed by atoms with E-state index < -0.39 is 23.2 Å². The van der Waals surface area contributed by atoms with Crippen LogP contribution in [0.5, 0.6) is 17.2 Å². The van der Waals surface area contributed by atoms with Crippen molar-refractivity contribution in [2.75, 3.05) is 26.2 Å². The van der Waals surface area contributed by atoms with Gasteiger partial charge in [-0.3, -0.25) is 19.3 Å². The first-order chi connectivity index (χ1) is 17.8. The lowest BCUT2D eigenvalue weighted by atomic mass is 9.97. The van der Waals surface area contributed by atoms with Crippen LogP contribution >= 0.6 is 0 Å². The Balaban J connectivity index is 1.82. The highest BCUT2D eigenvalue weighted by Gasteiger charge is 2.44. The molecule has 1 aliphatic heterocycles. The molecule has 188 valence electrons. The van der Waals surface area contributed by atoms with Crippen molar-refractivity contribution in [1.82, 2.24) is 0 Å². The van der Waals surface area contributed by atoms with Crippen LogP contribution in [0, 0.1) is 5.82 Å². The number of hydrogen-bond donors (Lipinski definition) is 0. The molecule has 4 aromatic rings. The maximum Gasteiger partial charge on any atom is 0.295 e. The number of anilines is 1. The quantitative estimate of drug-likeness (QED) is 0.345. The van der Waals surface area contributed by atoms with Gasteiger partial charge in [-0.05, 0) is 67.1 Å². The number of ether oxygens (including phenoxy) is 3. The summed E-state index contributed by atoms with van der Waals surface area (Å²) in [4.78, 5) is 40.7. The van der Waals surface area contributed by atoms with Gasteiger partial charge < -0.3 is 18.6 Å². The van der Waals surface area contributed by atoms with Crippen molar-refractivity contribution in [1.29, 1.82) is 0 Å². The zero-order valence-corrected chi connectivity index (χ0v) is 20.5. The molecule has 1 amide bonds. The SMILES string of the molecule is COc1cc(C2c3c(oc4ccc(F)cc4c3=O)C(=O)N2c2ccc(C(C)=O)cc2)cc(OC)c1OC. The highest BCUT2D eigenvalue weighted by molar-refractivity contribution is 6.11. The van der Waals surface area contributed by atoms with Gasteiger partial charge in [0.15, 0.2) is 22.7 Å². The van der Waals surface area contributed by atoms with Gasteiger partial charge in [0.2, 0.25) is 11.5 Å². The third-order valence-corrected chi connectivity index (χ3v) is 6.39. The van der Waals surface area contributed by atoms with Crippen LogP contribution < -0.4 is 24.5 Å². The van der Waals surface area contributed by atoms with Crippen molar-refractivity contribution >= 4 is 28.3 Å². The monoisotopic (exact) mass is 503 g/mol. The highest BCUT2D eigenvalue weighted by Crippen LogP contribution is 2.46. The van der Waals surface area contributed by atoms with Gasteiger partial charge in [-0.2, -0.15) is 0 Å². The number of fused-ring (bicyclic) bond motifs is 2. The van der Waals surface area contributed by atoms with E-state index >= 15 is 0 Å². The zero-order valence-electron chi connectivity index (χ0n) is 20.5. The Kier molecular flexibility index (Phi) is 5.91.